The summed E-state index contributed by atoms with van der Waals surface area (Å²) in [7, 11) is -1.81. The van der Waals surface area contributed by atoms with Crippen LogP contribution in [0.5, 0.6) is 0 Å². The number of nitrogens with two attached hydrogens (primary N) is 1. The van der Waals surface area contributed by atoms with Crippen LogP contribution in [0.2, 0.25) is 0 Å². The van der Waals surface area contributed by atoms with Gasteiger partial charge in [-0.3, -0.25) is 9.58 Å². The second-order valence-corrected chi connectivity index (χ2v) is 7.59. The number of aryl methyl sites for hydroxylation is 1. The first-order chi connectivity index (χ1) is 9.29. The maximum absolute atomic E-state index is 12.5. The monoisotopic (exact) mass is 301 g/mol. The van der Waals surface area contributed by atoms with Gasteiger partial charge in [0, 0.05) is 45.3 Å². The van der Waals surface area contributed by atoms with E-state index in [-0.39, 0.29) is 10.6 Å². The summed E-state index contributed by atoms with van der Waals surface area (Å²) in [6.07, 6.45) is 1.50. The molecule has 0 radical (unpaired) electrons. The van der Waals surface area contributed by atoms with E-state index in [4.69, 9.17) is 5.73 Å². The van der Waals surface area contributed by atoms with Crippen LogP contribution in [0.3, 0.4) is 0 Å². The summed E-state index contributed by atoms with van der Waals surface area (Å²) in [5.41, 5.74) is 5.67. The maximum atomic E-state index is 12.5. The predicted molar refractivity (Wildman–Crippen MR) is 76.7 cm³/mol. The van der Waals surface area contributed by atoms with Gasteiger partial charge in [-0.25, -0.2) is 8.42 Å². The maximum Gasteiger partial charge on any atom is 0.260 e. The Morgan fingerprint density at radius 1 is 1.30 bits per heavy atom. The molecule has 8 heteroatoms. The molecule has 0 bridgehead atoms. The van der Waals surface area contributed by atoms with Gasteiger partial charge in [-0.1, -0.05) is 0 Å². The minimum atomic E-state index is -3.45. The van der Waals surface area contributed by atoms with Gasteiger partial charge in [0.25, 0.3) is 10.0 Å². The molecule has 0 aromatic carbocycles. The molecule has 2 rings (SSSR count). The number of aromatic nitrogens is 2. The van der Waals surface area contributed by atoms with E-state index in [9.17, 15) is 8.42 Å². The van der Waals surface area contributed by atoms with Gasteiger partial charge in [-0.05, 0) is 19.9 Å². The quantitative estimate of drug-likeness (QED) is 0.808. The number of rotatable bonds is 4. The highest BCUT2D eigenvalue weighted by atomic mass is 32.2. The molecule has 0 saturated carbocycles. The molecule has 0 atom stereocenters. The zero-order valence-electron chi connectivity index (χ0n) is 12.3. The summed E-state index contributed by atoms with van der Waals surface area (Å²) in [6.45, 7) is 7.08. The Morgan fingerprint density at radius 2 is 1.90 bits per heavy atom. The zero-order valence-corrected chi connectivity index (χ0v) is 13.1. The van der Waals surface area contributed by atoms with Gasteiger partial charge in [-0.15, -0.1) is 0 Å². The molecule has 1 aromatic rings. The van der Waals surface area contributed by atoms with Crippen LogP contribution >= 0.6 is 0 Å². The molecule has 1 fully saturated rings. The first kappa shape index (κ1) is 15.4. The third-order valence-corrected chi connectivity index (χ3v) is 5.95. The van der Waals surface area contributed by atoms with Crippen molar-refractivity contribution in [2.45, 2.75) is 24.4 Å². The van der Waals surface area contributed by atoms with Crippen LogP contribution < -0.4 is 5.73 Å². The normalized spacial score (nSPS) is 19.4. The van der Waals surface area contributed by atoms with Gasteiger partial charge in [-0.2, -0.15) is 9.40 Å². The van der Waals surface area contributed by atoms with E-state index in [1.807, 2.05) is 0 Å². The van der Waals surface area contributed by atoms with Crippen molar-refractivity contribution in [1.82, 2.24) is 19.0 Å². The Bertz CT molecular complexity index is 558. The summed E-state index contributed by atoms with van der Waals surface area (Å²) in [4.78, 5) is 2.24. The Labute approximate surface area is 120 Å². The van der Waals surface area contributed by atoms with Crippen LogP contribution in [0.25, 0.3) is 0 Å². The van der Waals surface area contributed by atoms with Gasteiger partial charge < -0.3 is 5.73 Å². The highest BCUT2D eigenvalue weighted by Gasteiger charge is 2.34. The Kier molecular flexibility index (Phi) is 4.19. The van der Waals surface area contributed by atoms with Crippen LogP contribution in [0.4, 0.5) is 0 Å². The first-order valence-electron chi connectivity index (χ1n) is 6.72. The number of piperazine rings is 1. The first-order valence-corrected chi connectivity index (χ1v) is 8.16. The molecule has 114 valence electrons. The molecule has 1 saturated heterocycles. The molecule has 20 heavy (non-hydrogen) atoms. The topological polar surface area (TPSA) is 84.5 Å². The fourth-order valence-corrected chi connectivity index (χ4v) is 3.93. The summed E-state index contributed by atoms with van der Waals surface area (Å²) < 4.78 is 27.9. The highest BCUT2D eigenvalue weighted by Crippen LogP contribution is 2.20. The van der Waals surface area contributed by atoms with Crippen molar-refractivity contribution in [3.05, 3.63) is 12.3 Å². The van der Waals surface area contributed by atoms with E-state index in [0.717, 1.165) is 0 Å². The Balaban J connectivity index is 2.10. The Morgan fingerprint density at radius 3 is 2.35 bits per heavy atom. The fourth-order valence-electron chi connectivity index (χ4n) is 2.41. The molecular formula is C12H23N5O2S. The van der Waals surface area contributed by atoms with Crippen LogP contribution in [0.15, 0.2) is 17.3 Å². The van der Waals surface area contributed by atoms with Crippen LogP contribution in [0, 0.1) is 0 Å². The summed E-state index contributed by atoms with van der Waals surface area (Å²) in [6, 6.07) is 1.53. The Hall–Kier alpha value is -0.960. The van der Waals surface area contributed by atoms with E-state index in [1.165, 1.54) is 21.3 Å². The van der Waals surface area contributed by atoms with Gasteiger partial charge in [0.15, 0.2) is 5.03 Å². The molecular weight excluding hydrogens is 278 g/mol. The van der Waals surface area contributed by atoms with Crippen molar-refractivity contribution in [3.8, 4) is 0 Å². The predicted octanol–water partition coefficient (Wildman–Crippen LogP) is -0.536. The van der Waals surface area contributed by atoms with E-state index in [1.54, 1.807) is 7.05 Å². The van der Waals surface area contributed by atoms with E-state index in [2.05, 4.69) is 23.8 Å². The van der Waals surface area contributed by atoms with Gasteiger partial charge in [0.1, 0.15) is 0 Å². The van der Waals surface area contributed by atoms with Crippen molar-refractivity contribution >= 4 is 10.0 Å². The molecule has 1 aliphatic heterocycles. The van der Waals surface area contributed by atoms with Gasteiger partial charge >= 0.3 is 0 Å². The zero-order chi connectivity index (χ0) is 15.0. The third-order valence-electron chi connectivity index (χ3n) is 3.97. The van der Waals surface area contributed by atoms with Crippen molar-refractivity contribution < 1.29 is 8.42 Å². The highest BCUT2D eigenvalue weighted by molar-refractivity contribution is 7.89. The minimum Gasteiger partial charge on any atom is -0.329 e. The van der Waals surface area contributed by atoms with E-state index >= 15 is 0 Å². The standard InChI is InChI=1S/C12H23N5O2S/c1-12(2,10-13)16-6-8-17(9-7-16)20(18,19)11-4-5-14-15(11)3/h4-5H,6-10,13H2,1-3H3. The molecule has 2 heterocycles. The number of hydrogen-bond donors (Lipinski definition) is 1. The minimum absolute atomic E-state index is 0.0949. The molecule has 0 unspecified atom stereocenters. The molecule has 0 aliphatic carbocycles. The molecule has 7 nitrogen and oxygen atoms in total. The molecule has 0 amide bonds. The van der Waals surface area contributed by atoms with Crippen LogP contribution in [0.1, 0.15) is 13.8 Å². The average molecular weight is 301 g/mol. The lowest BCUT2D eigenvalue weighted by Gasteiger charge is -2.43. The lowest BCUT2D eigenvalue weighted by molar-refractivity contribution is 0.0848. The lowest BCUT2D eigenvalue weighted by atomic mass is 10.0. The lowest BCUT2D eigenvalue weighted by Crippen LogP contribution is -2.58. The summed E-state index contributed by atoms with van der Waals surface area (Å²) in [5.74, 6) is 0. The number of hydrogen-bond acceptors (Lipinski definition) is 5. The SMILES string of the molecule is Cn1nccc1S(=O)(=O)N1CCN(C(C)(C)CN)CC1. The third kappa shape index (κ3) is 2.73. The van der Waals surface area contributed by atoms with Crippen LogP contribution in [-0.4, -0.2) is 65.7 Å². The molecule has 1 aromatic heterocycles. The van der Waals surface area contributed by atoms with Crippen molar-refractivity contribution in [1.29, 1.82) is 0 Å². The summed E-state index contributed by atoms with van der Waals surface area (Å²) >= 11 is 0. The largest absolute Gasteiger partial charge is 0.329 e. The molecule has 2 N–H and O–H groups in total. The second kappa shape index (κ2) is 5.44. The number of sulfonamides is 1. The summed E-state index contributed by atoms with van der Waals surface area (Å²) in [5, 5.41) is 4.17. The average Bonchev–Trinajstić information content (AvgIpc) is 2.86. The number of nitrogens with zero attached hydrogens (tertiary/aromatic N) is 4. The molecule has 0 spiro atoms. The molecule has 1 aliphatic rings. The van der Waals surface area contributed by atoms with Gasteiger partial charge in [0.2, 0.25) is 0 Å². The fraction of sp³-hybridized carbons (Fsp3) is 0.750. The van der Waals surface area contributed by atoms with E-state index in [0.29, 0.717) is 32.7 Å². The van der Waals surface area contributed by atoms with Crippen molar-refractivity contribution in [2.24, 2.45) is 12.8 Å². The van der Waals surface area contributed by atoms with Crippen molar-refractivity contribution in [2.75, 3.05) is 32.7 Å². The smallest absolute Gasteiger partial charge is 0.260 e. The van der Waals surface area contributed by atoms with E-state index < -0.39 is 10.0 Å². The van der Waals surface area contributed by atoms with Crippen molar-refractivity contribution in [3.63, 3.8) is 0 Å². The second-order valence-electron chi connectivity index (χ2n) is 5.70. The van der Waals surface area contributed by atoms with Gasteiger partial charge in [0.05, 0.1) is 6.20 Å². The van der Waals surface area contributed by atoms with Crippen LogP contribution in [-0.2, 0) is 17.1 Å².